The van der Waals surface area contributed by atoms with E-state index in [0.29, 0.717) is 0 Å². The van der Waals surface area contributed by atoms with Gasteiger partial charge in [0.1, 0.15) is 0 Å². The predicted octanol–water partition coefficient (Wildman–Crippen LogP) is 3.76. The monoisotopic (exact) mass is 270 g/mol. The van der Waals surface area contributed by atoms with Crippen LogP contribution in [0.15, 0.2) is 0 Å². The Kier molecular flexibility index (Phi) is 4.29. The number of hydrogen-bond donors (Lipinski definition) is 0. The van der Waals surface area contributed by atoms with Gasteiger partial charge >= 0.3 is 0 Å². The lowest BCUT2D eigenvalue weighted by molar-refractivity contribution is 0.0193. The third-order valence-electron chi connectivity index (χ3n) is 3.94. The van der Waals surface area contributed by atoms with Crippen molar-refractivity contribution in [1.82, 2.24) is 0 Å². The van der Waals surface area contributed by atoms with E-state index in [1.165, 1.54) is 0 Å². The van der Waals surface area contributed by atoms with Gasteiger partial charge in [0.2, 0.25) is 0 Å². The average Bonchev–Trinajstić information content (AvgIpc) is 2.11. The lowest BCUT2D eigenvalue weighted by Gasteiger charge is -2.46. The minimum Gasteiger partial charge on any atom is -0.417 e. The quantitative estimate of drug-likeness (QED) is 0.710. The second-order valence-corrected chi connectivity index (χ2v) is 21.0. The van der Waals surface area contributed by atoms with Crippen LogP contribution < -0.4 is 0 Å². The van der Waals surface area contributed by atoms with E-state index in [0.717, 1.165) is 12.5 Å². The van der Waals surface area contributed by atoms with Crippen molar-refractivity contribution < 1.29 is 17.6 Å². The number of rotatable bonds is 3. The van der Waals surface area contributed by atoms with Crippen LogP contribution in [0.3, 0.4) is 0 Å². The molecule has 1 aliphatic rings. The molecular weight excluding hydrogens is 249 g/mol. The third kappa shape index (κ3) is 3.10. The molecule has 0 N–H and O–H groups in total. The van der Waals surface area contributed by atoms with Gasteiger partial charge in [-0.05, 0) is 19.5 Å². The summed E-state index contributed by atoms with van der Waals surface area (Å²) in [5.41, 5.74) is 0. The number of alkyl halides is 3. The van der Waals surface area contributed by atoms with Gasteiger partial charge in [0, 0.05) is 12.5 Å². The highest BCUT2D eigenvalue weighted by molar-refractivity contribution is 7.38. The van der Waals surface area contributed by atoms with Gasteiger partial charge in [-0.3, -0.25) is 0 Å². The second kappa shape index (κ2) is 4.82. The molecule has 0 spiro atoms. The summed E-state index contributed by atoms with van der Waals surface area (Å²) >= 11 is 0. The van der Waals surface area contributed by atoms with Crippen LogP contribution in [0.25, 0.3) is 0 Å². The molecule has 0 aromatic carbocycles. The Morgan fingerprint density at radius 3 is 2.19 bits per heavy atom. The van der Waals surface area contributed by atoms with Gasteiger partial charge in [-0.15, -0.1) is 0 Å². The van der Waals surface area contributed by atoms with Gasteiger partial charge in [-0.25, -0.2) is 13.2 Å². The highest BCUT2D eigenvalue weighted by Crippen LogP contribution is 2.35. The van der Waals surface area contributed by atoms with Crippen LogP contribution in [0, 0.1) is 0 Å². The lowest BCUT2D eigenvalue weighted by Crippen LogP contribution is -2.61. The van der Waals surface area contributed by atoms with Crippen molar-refractivity contribution in [2.24, 2.45) is 0 Å². The van der Waals surface area contributed by atoms with Crippen LogP contribution in [-0.2, 0) is 4.43 Å². The molecular formula is C10H21F3OSi2. The number of halogens is 3. The molecule has 0 aromatic rings. The number of hydrogen-bond acceptors (Lipinski definition) is 1. The largest absolute Gasteiger partial charge is 0.417 e. The molecule has 1 heterocycles. The summed E-state index contributed by atoms with van der Waals surface area (Å²) in [6.07, 6.45) is -4.58. The first-order valence-corrected chi connectivity index (χ1v) is 12.9. The first-order valence-electron chi connectivity index (χ1n) is 5.76. The van der Waals surface area contributed by atoms with E-state index in [-0.39, 0.29) is 12.5 Å². The SMILES string of the molecule is C[Si]1(C)CCC(CC(F)C(F)F)O[Si]1(C)C. The van der Waals surface area contributed by atoms with Gasteiger partial charge in [-0.2, -0.15) is 0 Å². The van der Waals surface area contributed by atoms with E-state index in [4.69, 9.17) is 4.43 Å². The molecule has 1 fully saturated rings. The molecule has 16 heavy (non-hydrogen) atoms. The fourth-order valence-corrected chi connectivity index (χ4v) is 8.69. The normalized spacial score (nSPS) is 30.4. The van der Waals surface area contributed by atoms with Gasteiger partial charge < -0.3 is 4.43 Å². The Labute approximate surface area is 97.3 Å². The Balaban J connectivity index is 2.56. The highest BCUT2D eigenvalue weighted by atomic mass is 29.3. The molecule has 0 saturated carbocycles. The Morgan fingerprint density at radius 1 is 1.19 bits per heavy atom. The summed E-state index contributed by atoms with van der Waals surface area (Å²) < 4.78 is 43.1. The minimum atomic E-state index is -2.87. The second-order valence-electron chi connectivity index (χ2n) is 5.76. The Hall–Kier alpha value is 0.184. The molecule has 1 saturated heterocycles. The molecule has 0 amide bonds. The Bertz CT molecular complexity index is 246. The molecule has 0 bridgehead atoms. The smallest absolute Gasteiger partial charge is 0.269 e. The van der Waals surface area contributed by atoms with E-state index in [1.54, 1.807) is 0 Å². The van der Waals surface area contributed by atoms with Crippen molar-refractivity contribution in [3.63, 3.8) is 0 Å². The third-order valence-corrected chi connectivity index (χ3v) is 20.5. The van der Waals surface area contributed by atoms with E-state index in [1.807, 2.05) is 0 Å². The van der Waals surface area contributed by atoms with Crippen LogP contribution in [0.2, 0.25) is 32.2 Å². The summed E-state index contributed by atoms with van der Waals surface area (Å²) in [5, 5.41) is 0. The predicted molar refractivity (Wildman–Crippen MR) is 64.8 cm³/mol. The van der Waals surface area contributed by atoms with Crippen molar-refractivity contribution >= 4 is 15.4 Å². The summed E-state index contributed by atoms with van der Waals surface area (Å²) in [6.45, 7) is 8.85. The van der Waals surface area contributed by atoms with Crippen LogP contribution in [0.1, 0.15) is 12.8 Å². The molecule has 96 valence electrons. The summed E-state index contributed by atoms with van der Waals surface area (Å²) in [4.78, 5) is 0. The maximum absolute atomic E-state index is 13.0. The topological polar surface area (TPSA) is 9.23 Å². The zero-order chi connectivity index (χ0) is 12.6. The fraction of sp³-hybridized carbons (Fsp3) is 1.00. The van der Waals surface area contributed by atoms with E-state index in [9.17, 15) is 13.2 Å². The highest BCUT2D eigenvalue weighted by Gasteiger charge is 2.48. The van der Waals surface area contributed by atoms with E-state index >= 15 is 0 Å². The molecule has 0 aromatic heterocycles. The minimum absolute atomic E-state index is 0.140. The Morgan fingerprint density at radius 2 is 1.75 bits per heavy atom. The van der Waals surface area contributed by atoms with Crippen molar-refractivity contribution in [3.05, 3.63) is 0 Å². The van der Waals surface area contributed by atoms with E-state index in [2.05, 4.69) is 26.2 Å². The lowest BCUT2D eigenvalue weighted by atomic mass is 10.1. The zero-order valence-electron chi connectivity index (χ0n) is 10.4. The zero-order valence-corrected chi connectivity index (χ0v) is 12.4. The van der Waals surface area contributed by atoms with Crippen molar-refractivity contribution in [3.8, 4) is 0 Å². The molecule has 6 heteroatoms. The molecule has 2 unspecified atom stereocenters. The summed E-state index contributed by atoms with van der Waals surface area (Å²) in [5.74, 6) is 0. The van der Waals surface area contributed by atoms with Crippen LogP contribution in [0.4, 0.5) is 13.2 Å². The summed E-state index contributed by atoms with van der Waals surface area (Å²) in [6, 6.07) is 1.08. The maximum atomic E-state index is 13.0. The van der Waals surface area contributed by atoms with Gasteiger partial charge in [0.15, 0.2) is 14.0 Å². The van der Waals surface area contributed by atoms with Gasteiger partial charge in [-0.1, -0.05) is 19.1 Å². The fourth-order valence-electron chi connectivity index (χ4n) is 1.98. The maximum Gasteiger partial charge on any atom is 0.269 e. The standard InChI is InChI=1S/C10H21F3OSi2/c1-15(2)6-5-8(14-16(15,3)4)7-9(11)10(12)13/h8-10H,5-7H2,1-4H3. The first-order chi connectivity index (χ1) is 7.16. The average molecular weight is 270 g/mol. The molecule has 1 rings (SSSR count). The van der Waals surface area contributed by atoms with Crippen molar-refractivity contribution in [2.75, 3.05) is 0 Å². The van der Waals surface area contributed by atoms with Gasteiger partial charge in [0.25, 0.3) is 6.43 Å². The first kappa shape index (κ1) is 14.2. The molecule has 1 nitrogen and oxygen atoms in total. The van der Waals surface area contributed by atoms with Crippen molar-refractivity contribution in [1.29, 1.82) is 0 Å². The van der Waals surface area contributed by atoms with E-state index < -0.39 is 28.0 Å². The van der Waals surface area contributed by atoms with Crippen LogP contribution in [0.5, 0.6) is 0 Å². The summed E-state index contributed by atoms with van der Waals surface area (Å²) in [7, 11) is -3.09. The molecule has 0 radical (unpaired) electrons. The van der Waals surface area contributed by atoms with Crippen LogP contribution >= 0.6 is 0 Å². The molecule has 2 atom stereocenters. The molecule has 0 aliphatic carbocycles. The molecule has 1 aliphatic heterocycles. The van der Waals surface area contributed by atoms with Crippen LogP contribution in [-0.4, -0.2) is 34.1 Å². The van der Waals surface area contributed by atoms with Crippen molar-refractivity contribution in [2.45, 2.75) is 63.8 Å². The van der Waals surface area contributed by atoms with Gasteiger partial charge in [0.05, 0.1) is 7.59 Å².